The van der Waals surface area contributed by atoms with E-state index in [1.165, 1.54) is 28.5 Å². The summed E-state index contributed by atoms with van der Waals surface area (Å²) < 4.78 is 5.51. The van der Waals surface area contributed by atoms with E-state index in [2.05, 4.69) is 34.6 Å². The molecule has 0 unspecified atom stereocenters. The van der Waals surface area contributed by atoms with Gasteiger partial charge in [-0.2, -0.15) is 0 Å². The standard InChI is InChI=1S/C25H22N2O3/c28-16-18-12-13-19(27-15-18)7-5-6-14-26-25(29)30-17-24-22-10-3-1-8-20(22)21-9-2-4-11-23(21)24/h1-5,7-13,15-16,24H,6,14,17H2,(H,26,29). The summed E-state index contributed by atoms with van der Waals surface area (Å²) in [5.74, 6) is 0.0588. The summed E-state index contributed by atoms with van der Waals surface area (Å²) in [6.07, 6.45) is 6.31. The Balaban J connectivity index is 1.26. The summed E-state index contributed by atoms with van der Waals surface area (Å²) in [5.41, 5.74) is 6.12. The molecule has 4 rings (SSSR count). The number of carbonyl (C=O) groups is 2. The van der Waals surface area contributed by atoms with Crippen LogP contribution >= 0.6 is 0 Å². The van der Waals surface area contributed by atoms with Gasteiger partial charge in [0.2, 0.25) is 0 Å². The van der Waals surface area contributed by atoms with Gasteiger partial charge in [-0.25, -0.2) is 4.79 Å². The van der Waals surface area contributed by atoms with Gasteiger partial charge >= 0.3 is 6.09 Å². The van der Waals surface area contributed by atoms with Crippen LogP contribution in [0.15, 0.2) is 72.9 Å². The van der Waals surface area contributed by atoms with Gasteiger partial charge in [-0.3, -0.25) is 9.78 Å². The lowest BCUT2D eigenvalue weighted by Gasteiger charge is -2.14. The highest BCUT2D eigenvalue weighted by Gasteiger charge is 2.28. The van der Waals surface area contributed by atoms with E-state index in [0.717, 1.165) is 12.0 Å². The summed E-state index contributed by atoms with van der Waals surface area (Å²) >= 11 is 0. The van der Waals surface area contributed by atoms with Gasteiger partial charge < -0.3 is 10.1 Å². The Kier molecular flexibility index (Phi) is 5.99. The van der Waals surface area contributed by atoms with E-state index in [1.807, 2.05) is 36.4 Å². The maximum Gasteiger partial charge on any atom is 0.407 e. The first-order valence-corrected chi connectivity index (χ1v) is 9.93. The number of hydrogen-bond acceptors (Lipinski definition) is 4. The first kappa shape index (κ1) is 19.6. The van der Waals surface area contributed by atoms with Crippen molar-refractivity contribution in [2.24, 2.45) is 0 Å². The number of pyridine rings is 1. The summed E-state index contributed by atoms with van der Waals surface area (Å²) in [6.45, 7) is 0.780. The van der Waals surface area contributed by atoms with E-state index in [-0.39, 0.29) is 5.92 Å². The minimum Gasteiger partial charge on any atom is -0.449 e. The summed E-state index contributed by atoms with van der Waals surface area (Å²) in [5, 5.41) is 2.78. The molecule has 0 aliphatic heterocycles. The normalized spacial score (nSPS) is 12.4. The minimum absolute atomic E-state index is 0.0588. The zero-order valence-corrected chi connectivity index (χ0v) is 16.5. The number of nitrogens with one attached hydrogen (secondary N) is 1. The molecule has 0 bridgehead atoms. The smallest absolute Gasteiger partial charge is 0.407 e. The first-order valence-electron chi connectivity index (χ1n) is 9.93. The zero-order valence-electron chi connectivity index (χ0n) is 16.5. The fourth-order valence-electron chi connectivity index (χ4n) is 3.70. The van der Waals surface area contributed by atoms with Crippen LogP contribution in [0.25, 0.3) is 17.2 Å². The molecule has 0 radical (unpaired) electrons. The molecule has 1 aliphatic carbocycles. The Morgan fingerprint density at radius 3 is 2.33 bits per heavy atom. The highest BCUT2D eigenvalue weighted by atomic mass is 16.5. The van der Waals surface area contributed by atoms with Gasteiger partial charge in [0.05, 0.1) is 5.69 Å². The van der Waals surface area contributed by atoms with Gasteiger partial charge in [-0.1, -0.05) is 54.6 Å². The van der Waals surface area contributed by atoms with Crippen LogP contribution in [0.5, 0.6) is 0 Å². The SMILES string of the molecule is O=Cc1ccc(C=CCCNC(=O)OCC2c3ccccc3-c3ccccc32)nc1. The van der Waals surface area contributed by atoms with Crippen molar-refractivity contribution < 1.29 is 14.3 Å². The second-order valence-corrected chi connectivity index (χ2v) is 7.08. The lowest BCUT2D eigenvalue weighted by atomic mass is 9.98. The van der Waals surface area contributed by atoms with Crippen molar-refractivity contribution >= 4 is 18.5 Å². The lowest BCUT2D eigenvalue weighted by Crippen LogP contribution is -2.26. The third-order valence-electron chi connectivity index (χ3n) is 5.16. The van der Waals surface area contributed by atoms with Crippen molar-refractivity contribution in [1.29, 1.82) is 0 Å². The van der Waals surface area contributed by atoms with Crippen LogP contribution < -0.4 is 5.32 Å². The Hall–Kier alpha value is -3.73. The van der Waals surface area contributed by atoms with Crippen molar-refractivity contribution in [3.8, 4) is 11.1 Å². The molecule has 30 heavy (non-hydrogen) atoms. The van der Waals surface area contributed by atoms with Crippen LogP contribution in [-0.4, -0.2) is 30.5 Å². The molecule has 1 aromatic heterocycles. The average Bonchev–Trinajstić information content (AvgIpc) is 3.12. The van der Waals surface area contributed by atoms with E-state index >= 15 is 0 Å². The molecular formula is C25H22N2O3. The monoisotopic (exact) mass is 398 g/mol. The van der Waals surface area contributed by atoms with E-state index in [4.69, 9.17) is 4.74 Å². The van der Waals surface area contributed by atoms with Crippen molar-refractivity contribution in [3.05, 3.63) is 95.3 Å². The maximum atomic E-state index is 12.1. The number of nitrogens with zero attached hydrogens (tertiary/aromatic N) is 1. The Morgan fingerprint density at radius 1 is 1.00 bits per heavy atom. The number of aldehydes is 1. The highest BCUT2D eigenvalue weighted by Crippen LogP contribution is 2.44. The molecule has 150 valence electrons. The van der Waals surface area contributed by atoms with E-state index in [0.29, 0.717) is 25.1 Å². The number of amides is 1. The van der Waals surface area contributed by atoms with Gasteiger partial charge in [0.25, 0.3) is 0 Å². The third-order valence-corrected chi connectivity index (χ3v) is 5.16. The molecule has 1 amide bonds. The molecule has 5 heteroatoms. The van der Waals surface area contributed by atoms with Crippen LogP contribution in [0, 0.1) is 0 Å². The third kappa shape index (κ3) is 4.30. The van der Waals surface area contributed by atoms with Crippen molar-refractivity contribution in [2.75, 3.05) is 13.2 Å². The Bertz CT molecular complexity index is 1030. The molecule has 1 heterocycles. The number of hydrogen-bond donors (Lipinski definition) is 1. The molecule has 3 aromatic rings. The van der Waals surface area contributed by atoms with E-state index in [1.54, 1.807) is 12.1 Å². The van der Waals surface area contributed by atoms with Crippen molar-refractivity contribution in [1.82, 2.24) is 10.3 Å². The predicted octanol–water partition coefficient (Wildman–Crippen LogP) is 4.84. The van der Waals surface area contributed by atoms with E-state index in [9.17, 15) is 9.59 Å². The molecule has 2 aromatic carbocycles. The predicted molar refractivity (Wildman–Crippen MR) is 116 cm³/mol. The molecule has 0 saturated heterocycles. The average molecular weight is 398 g/mol. The fourth-order valence-corrected chi connectivity index (χ4v) is 3.70. The summed E-state index contributed by atoms with van der Waals surface area (Å²) in [7, 11) is 0. The zero-order chi connectivity index (χ0) is 20.8. The number of aromatic nitrogens is 1. The molecule has 0 saturated carbocycles. The maximum absolute atomic E-state index is 12.1. The molecule has 0 spiro atoms. The largest absolute Gasteiger partial charge is 0.449 e. The number of benzene rings is 2. The second-order valence-electron chi connectivity index (χ2n) is 7.08. The number of alkyl carbamates (subject to hydrolysis) is 1. The molecule has 5 nitrogen and oxygen atoms in total. The van der Waals surface area contributed by atoms with Gasteiger partial charge in [0.1, 0.15) is 6.61 Å². The van der Waals surface area contributed by atoms with Gasteiger partial charge in [0.15, 0.2) is 6.29 Å². The quantitative estimate of drug-likeness (QED) is 0.457. The fraction of sp³-hybridized carbons (Fsp3) is 0.160. The van der Waals surface area contributed by atoms with Crippen molar-refractivity contribution in [2.45, 2.75) is 12.3 Å². The molecular weight excluding hydrogens is 376 g/mol. The van der Waals surface area contributed by atoms with E-state index < -0.39 is 6.09 Å². The molecule has 0 atom stereocenters. The number of fused-ring (bicyclic) bond motifs is 3. The number of rotatable bonds is 7. The second kappa shape index (κ2) is 9.18. The van der Waals surface area contributed by atoms with Crippen molar-refractivity contribution in [3.63, 3.8) is 0 Å². The minimum atomic E-state index is -0.418. The number of ether oxygens (including phenoxy) is 1. The lowest BCUT2D eigenvalue weighted by molar-refractivity contribution is 0.112. The Morgan fingerprint density at radius 2 is 1.70 bits per heavy atom. The van der Waals surface area contributed by atoms with Crippen LogP contribution in [-0.2, 0) is 4.74 Å². The van der Waals surface area contributed by atoms with Crippen LogP contribution in [0.4, 0.5) is 4.79 Å². The number of carbonyl (C=O) groups excluding carboxylic acids is 2. The van der Waals surface area contributed by atoms with Gasteiger partial charge in [0, 0.05) is 24.2 Å². The summed E-state index contributed by atoms with van der Waals surface area (Å²) in [4.78, 5) is 26.9. The van der Waals surface area contributed by atoms with Crippen LogP contribution in [0.3, 0.4) is 0 Å². The Labute approximate surface area is 175 Å². The van der Waals surface area contributed by atoms with Crippen LogP contribution in [0.1, 0.15) is 39.5 Å². The van der Waals surface area contributed by atoms with Crippen LogP contribution in [0.2, 0.25) is 0 Å². The molecule has 1 N–H and O–H groups in total. The topological polar surface area (TPSA) is 68.3 Å². The van der Waals surface area contributed by atoms with Gasteiger partial charge in [-0.15, -0.1) is 0 Å². The van der Waals surface area contributed by atoms with Gasteiger partial charge in [-0.05, 0) is 46.9 Å². The molecule has 1 aliphatic rings. The highest BCUT2D eigenvalue weighted by molar-refractivity contribution is 5.79. The molecule has 0 fully saturated rings. The first-order chi connectivity index (χ1) is 14.8. The summed E-state index contributed by atoms with van der Waals surface area (Å²) in [6, 6.07) is 20.0.